The van der Waals surface area contributed by atoms with Crippen LogP contribution in [0.4, 0.5) is 13.2 Å². The molecule has 0 saturated heterocycles. The van der Waals surface area contributed by atoms with Crippen LogP contribution in [0.3, 0.4) is 0 Å². The van der Waals surface area contributed by atoms with E-state index in [1.807, 2.05) is 25.1 Å². The monoisotopic (exact) mass is 357 g/mol. The molecule has 108 valence electrons. The van der Waals surface area contributed by atoms with Crippen LogP contribution in [0.2, 0.25) is 0 Å². The van der Waals surface area contributed by atoms with E-state index in [9.17, 15) is 13.2 Å². The molecule has 0 amide bonds. The Labute approximate surface area is 123 Å². The molecule has 0 aromatic heterocycles. The fraction of sp³-hybridized carbons (Fsp3) is 0.500. The molecule has 0 fully saturated rings. The maximum absolute atomic E-state index is 12.0. The van der Waals surface area contributed by atoms with Crippen molar-refractivity contribution in [2.75, 3.05) is 18.9 Å². The SMILES string of the molecule is CCNCc1cccc(Br)c1OCCSC(F)(F)F. The van der Waals surface area contributed by atoms with Crippen molar-refractivity contribution in [3.8, 4) is 5.75 Å². The van der Waals surface area contributed by atoms with Crippen LogP contribution in [0.25, 0.3) is 0 Å². The minimum absolute atomic E-state index is 0.0198. The molecular formula is C12H15BrF3NOS. The number of para-hydroxylation sites is 1. The normalized spacial score (nSPS) is 11.6. The highest BCUT2D eigenvalue weighted by atomic mass is 79.9. The third-order valence-electron chi connectivity index (χ3n) is 2.21. The fourth-order valence-corrected chi connectivity index (χ4v) is 2.33. The van der Waals surface area contributed by atoms with E-state index < -0.39 is 5.51 Å². The predicted molar refractivity (Wildman–Crippen MR) is 75.5 cm³/mol. The Bertz CT molecular complexity index is 401. The maximum Gasteiger partial charge on any atom is 0.441 e. The second kappa shape index (κ2) is 8.01. The van der Waals surface area contributed by atoms with Gasteiger partial charge in [-0.05, 0) is 40.3 Å². The van der Waals surface area contributed by atoms with Crippen molar-refractivity contribution in [1.82, 2.24) is 5.32 Å². The highest BCUT2D eigenvalue weighted by Crippen LogP contribution is 2.32. The summed E-state index contributed by atoms with van der Waals surface area (Å²) in [5.41, 5.74) is -3.28. The zero-order valence-corrected chi connectivity index (χ0v) is 12.8. The lowest BCUT2D eigenvalue weighted by atomic mass is 10.2. The molecule has 0 aliphatic carbocycles. The van der Waals surface area contributed by atoms with E-state index in [-0.39, 0.29) is 24.1 Å². The third-order valence-corrected chi connectivity index (χ3v) is 3.53. The summed E-state index contributed by atoms with van der Waals surface area (Å²) in [4.78, 5) is 0. The van der Waals surface area contributed by atoms with Crippen LogP contribution >= 0.6 is 27.7 Å². The zero-order valence-electron chi connectivity index (χ0n) is 10.4. The molecule has 0 atom stereocenters. The number of thioether (sulfide) groups is 1. The number of benzene rings is 1. The largest absolute Gasteiger partial charge is 0.491 e. The lowest BCUT2D eigenvalue weighted by molar-refractivity contribution is -0.0329. The minimum atomic E-state index is -4.20. The van der Waals surface area contributed by atoms with Crippen molar-refractivity contribution < 1.29 is 17.9 Å². The Morgan fingerprint density at radius 1 is 1.37 bits per heavy atom. The van der Waals surface area contributed by atoms with Crippen LogP contribution in [-0.2, 0) is 6.54 Å². The van der Waals surface area contributed by atoms with Gasteiger partial charge in [0.15, 0.2) is 0 Å². The van der Waals surface area contributed by atoms with E-state index in [0.29, 0.717) is 12.3 Å². The standard InChI is InChI=1S/C12H15BrF3NOS/c1-2-17-8-9-4-3-5-10(13)11(9)18-6-7-19-12(14,15)16/h3-5,17H,2,6-8H2,1H3. The molecule has 0 bridgehead atoms. The summed E-state index contributed by atoms with van der Waals surface area (Å²) in [5.74, 6) is 0.483. The summed E-state index contributed by atoms with van der Waals surface area (Å²) in [6.07, 6.45) is 0. The third kappa shape index (κ3) is 6.54. The number of hydrogen-bond acceptors (Lipinski definition) is 3. The molecule has 7 heteroatoms. The van der Waals surface area contributed by atoms with Crippen LogP contribution in [0.1, 0.15) is 12.5 Å². The molecule has 2 nitrogen and oxygen atoms in total. The second-order valence-corrected chi connectivity index (χ2v) is 5.67. The molecule has 0 spiro atoms. The van der Waals surface area contributed by atoms with Gasteiger partial charge in [0.1, 0.15) is 5.75 Å². The number of hydrogen-bond donors (Lipinski definition) is 1. The van der Waals surface area contributed by atoms with Crippen molar-refractivity contribution in [2.24, 2.45) is 0 Å². The number of ether oxygens (including phenoxy) is 1. The van der Waals surface area contributed by atoms with Gasteiger partial charge < -0.3 is 10.1 Å². The van der Waals surface area contributed by atoms with Gasteiger partial charge in [-0.25, -0.2) is 0 Å². The number of nitrogens with one attached hydrogen (secondary N) is 1. The van der Waals surface area contributed by atoms with Crippen LogP contribution in [0.5, 0.6) is 5.75 Å². The Kier molecular flexibility index (Phi) is 7.02. The fourth-order valence-electron chi connectivity index (χ4n) is 1.42. The van der Waals surface area contributed by atoms with Gasteiger partial charge in [0.2, 0.25) is 0 Å². The van der Waals surface area contributed by atoms with E-state index >= 15 is 0 Å². The van der Waals surface area contributed by atoms with Crippen molar-refractivity contribution in [3.63, 3.8) is 0 Å². The Hall–Kier alpha value is -0.400. The highest BCUT2D eigenvalue weighted by Gasteiger charge is 2.27. The molecule has 0 aliphatic heterocycles. The summed E-state index contributed by atoms with van der Waals surface area (Å²) in [6.45, 7) is 3.44. The van der Waals surface area contributed by atoms with Gasteiger partial charge in [0.05, 0.1) is 11.1 Å². The first-order valence-corrected chi connectivity index (χ1v) is 7.53. The molecule has 0 heterocycles. The maximum atomic E-state index is 12.0. The number of alkyl halides is 3. The van der Waals surface area contributed by atoms with Gasteiger partial charge in [0, 0.05) is 17.9 Å². The first kappa shape index (κ1) is 16.7. The summed E-state index contributed by atoms with van der Waals surface area (Å²) in [7, 11) is 0. The molecule has 19 heavy (non-hydrogen) atoms. The Morgan fingerprint density at radius 3 is 2.74 bits per heavy atom. The molecule has 0 radical (unpaired) electrons. The summed E-state index contributed by atoms with van der Waals surface area (Å²) in [5, 5.41) is 3.16. The van der Waals surface area contributed by atoms with E-state index in [0.717, 1.165) is 16.6 Å². The average Bonchev–Trinajstić information content (AvgIpc) is 2.32. The first-order chi connectivity index (χ1) is 8.94. The summed E-state index contributed by atoms with van der Waals surface area (Å²) >= 11 is 3.28. The summed E-state index contributed by atoms with van der Waals surface area (Å²) in [6, 6.07) is 5.56. The van der Waals surface area contributed by atoms with E-state index in [1.54, 1.807) is 0 Å². The number of halogens is 4. The molecular weight excluding hydrogens is 343 g/mol. The molecule has 1 rings (SSSR count). The van der Waals surface area contributed by atoms with E-state index in [1.165, 1.54) is 0 Å². The zero-order chi connectivity index (χ0) is 14.3. The number of rotatable bonds is 7. The van der Waals surface area contributed by atoms with Gasteiger partial charge in [-0.1, -0.05) is 19.1 Å². The van der Waals surface area contributed by atoms with Gasteiger partial charge in [-0.2, -0.15) is 13.2 Å². The lowest BCUT2D eigenvalue weighted by Gasteiger charge is -2.14. The first-order valence-electron chi connectivity index (χ1n) is 5.75. The highest BCUT2D eigenvalue weighted by molar-refractivity contribution is 9.10. The van der Waals surface area contributed by atoms with Gasteiger partial charge in [0.25, 0.3) is 0 Å². The van der Waals surface area contributed by atoms with Crippen LogP contribution < -0.4 is 10.1 Å². The minimum Gasteiger partial charge on any atom is -0.491 e. The van der Waals surface area contributed by atoms with Gasteiger partial charge in [-0.15, -0.1) is 0 Å². The van der Waals surface area contributed by atoms with Crippen LogP contribution in [0, 0.1) is 0 Å². The Morgan fingerprint density at radius 2 is 2.11 bits per heavy atom. The molecule has 1 aromatic carbocycles. The molecule has 0 saturated carbocycles. The molecule has 0 aliphatic rings. The quantitative estimate of drug-likeness (QED) is 0.739. The topological polar surface area (TPSA) is 21.3 Å². The van der Waals surface area contributed by atoms with Crippen molar-refractivity contribution >= 4 is 27.7 Å². The van der Waals surface area contributed by atoms with Gasteiger partial charge >= 0.3 is 5.51 Å². The van der Waals surface area contributed by atoms with E-state index in [2.05, 4.69) is 21.2 Å². The van der Waals surface area contributed by atoms with E-state index in [4.69, 9.17) is 4.74 Å². The molecule has 0 unspecified atom stereocenters. The summed E-state index contributed by atoms with van der Waals surface area (Å²) < 4.78 is 42.2. The second-order valence-electron chi connectivity index (χ2n) is 3.65. The van der Waals surface area contributed by atoms with Gasteiger partial charge in [-0.3, -0.25) is 0 Å². The average molecular weight is 358 g/mol. The molecule has 1 N–H and O–H groups in total. The molecule has 1 aromatic rings. The smallest absolute Gasteiger partial charge is 0.441 e. The Balaban J connectivity index is 2.56. The predicted octanol–water partition coefficient (Wildman–Crippen LogP) is 4.19. The van der Waals surface area contributed by atoms with Crippen LogP contribution in [-0.4, -0.2) is 24.4 Å². The van der Waals surface area contributed by atoms with Crippen molar-refractivity contribution in [1.29, 1.82) is 0 Å². The van der Waals surface area contributed by atoms with Crippen LogP contribution in [0.15, 0.2) is 22.7 Å². The van der Waals surface area contributed by atoms with Crippen molar-refractivity contribution in [3.05, 3.63) is 28.2 Å². The lowest BCUT2D eigenvalue weighted by Crippen LogP contribution is -2.14. The van der Waals surface area contributed by atoms with Crippen molar-refractivity contribution in [2.45, 2.75) is 19.0 Å².